The monoisotopic (exact) mass is 518 g/mol. The van der Waals surface area contributed by atoms with Crippen molar-refractivity contribution in [1.29, 1.82) is 0 Å². The Morgan fingerprint density at radius 1 is 1.17 bits per heavy atom. The highest BCUT2D eigenvalue weighted by Gasteiger charge is 2.63. The lowest BCUT2D eigenvalue weighted by Crippen LogP contribution is -2.65. The molecular formula is C27H42N2O6Si. The molecule has 1 saturated heterocycles. The van der Waals surface area contributed by atoms with Crippen molar-refractivity contribution >= 4 is 26.3 Å². The molecule has 0 radical (unpaired) electrons. The van der Waals surface area contributed by atoms with Gasteiger partial charge in [0.05, 0.1) is 24.1 Å². The SMILES string of the molecule is C=CCOC(=O)C1=C2[C@H](CCC[C@@H]2N(C)C(=O)OCC=C)[C@@H]2[C@@H](C(C)O[Si](C)(C)C(C)(C)C)C(=O)N12. The highest BCUT2D eigenvalue weighted by molar-refractivity contribution is 6.74. The molecule has 200 valence electrons. The Hall–Kier alpha value is -2.39. The molecule has 1 aliphatic carbocycles. The van der Waals surface area contributed by atoms with Gasteiger partial charge in [0.2, 0.25) is 5.91 Å². The summed E-state index contributed by atoms with van der Waals surface area (Å²) in [5.41, 5.74) is 1.08. The molecule has 5 atom stereocenters. The van der Waals surface area contributed by atoms with E-state index in [1.807, 2.05) is 6.92 Å². The molecule has 0 aromatic rings. The van der Waals surface area contributed by atoms with E-state index in [9.17, 15) is 14.4 Å². The van der Waals surface area contributed by atoms with Crippen LogP contribution in [0.4, 0.5) is 4.79 Å². The van der Waals surface area contributed by atoms with E-state index >= 15 is 0 Å². The zero-order valence-corrected chi connectivity index (χ0v) is 23.8. The smallest absolute Gasteiger partial charge is 0.410 e. The third-order valence-electron chi connectivity index (χ3n) is 8.26. The lowest BCUT2D eigenvalue weighted by Gasteiger charge is -2.51. The van der Waals surface area contributed by atoms with Crippen LogP contribution in [0.2, 0.25) is 18.1 Å². The molecule has 0 N–H and O–H groups in total. The van der Waals surface area contributed by atoms with Crippen LogP contribution in [0.1, 0.15) is 47.0 Å². The molecule has 0 aromatic heterocycles. The predicted octanol–water partition coefficient (Wildman–Crippen LogP) is 4.64. The van der Waals surface area contributed by atoms with Crippen LogP contribution in [0, 0.1) is 11.8 Å². The zero-order chi connectivity index (χ0) is 27.0. The highest BCUT2D eigenvalue weighted by Crippen LogP contribution is 2.54. The summed E-state index contributed by atoms with van der Waals surface area (Å²) < 4.78 is 17.3. The van der Waals surface area contributed by atoms with Crippen LogP contribution in [0.25, 0.3) is 0 Å². The van der Waals surface area contributed by atoms with Gasteiger partial charge >= 0.3 is 12.1 Å². The average molecular weight is 519 g/mol. The predicted molar refractivity (Wildman–Crippen MR) is 140 cm³/mol. The van der Waals surface area contributed by atoms with E-state index in [0.29, 0.717) is 6.42 Å². The lowest BCUT2D eigenvalue weighted by atomic mass is 9.71. The van der Waals surface area contributed by atoms with E-state index < -0.39 is 20.4 Å². The third kappa shape index (κ3) is 4.92. The van der Waals surface area contributed by atoms with Crippen LogP contribution in [-0.4, -0.2) is 74.5 Å². The first-order valence-electron chi connectivity index (χ1n) is 12.8. The van der Waals surface area contributed by atoms with Gasteiger partial charge in [-0.25, -0.2) is 9.59 Å². The Bertz CT molecular complexity index is 952. The van der Waals surface area contributed by atoms with E-state index in [0.717, 1.165) is 18.4 Å². The number of rotatable bonds is 9. The molecule has 0 bridgehead atoms. The molecular weight excluding hydrogens is 476 g/mol. The van der Waals surface area contributed by atoms with E-state index in [1.54, 1.807) is 11.9 Å². The van der Waals surface area contributed by atoms with Gasteiger partial charge in [-0.15, -0.1) is 0 Å². The minimum absolute atomic E-state index is 0.0108. The number of carbonyl (C=O) groups excluding carboxylic acids is 3. The zero-order valence-electron chi connectivity index (χ0n) is 22.8. The first-order chi connectivity index (χ1) is 16.8. The fraction of sp³-hybridized carbons (Fsp3) is 0.667. The molecule has 2 fully saturated rings. The third-order valence-corrected chi connectivity index (χ3v) is 12.8. The van der Waals surface area contributed by atoms with E-state index in [1.165, 1.54) is 17.1 Å². The number of hydrogen-bond donors (Lipinski definition) is 0. The Morgan fingerprint density at radius 3 is 2.36 bits per heavy atom. The van der Waals surface area contributed by atoms with Crippen molar-refractivity contribution in [2.24, 2.45) is 11.8 Å². The van der Waals surface area contributed by atoms with Gasteiger partial charge in [-0.05, 0) is 43.5 Å². The second-order valence-electron chi connectivity index (χ2n) is 11.5. The number of carbonyl (C=O) groups is 3. The Morgan fingerprint density at radius 2 is 1.78 bits per heavy atom. The van der Waals surface area contributed by atoms with Crippen LogP contribution >= 0.6 is 0 Å². The van der Waals surface area contributed by atoms with Crippen molar-refractivity contribution in [3.05, 3.63) is 36.6 Å². The Kier molecular flexibility index (Phi) is 8.25. The van der Waals surface area contributed by atoms with Crippen molar-refractivity contribution in [3.8, 4) is 0 Å². The van der Waals surface area contributed by atoms with Crippen LogP contribution in [0.15, 0.2) is 36.6 Å². The van der Waals surface area contributed by atoms with Crippen molar-refractivity contribution in [1.82, 2.24) is 9.80 Å². The van der Waals surface area contributed by atoms with Gasteiger partial charge in [-0.2, -0.15) is 0 Å². The Balaban J connectivity index is 1.96. The normalized spacial score (nSPS) is 26.4. The summed E-state index contributed by atoms with van der Waals surface area (Å²) >= 11 is 0. The van der Waals surface area contributed by atoms with Gasteiger partial charge in [-0.1, -0.05) is 52.5 Å². The summed E-state index contributed by atoms with van der Waals surface area (Å²) in [5.74, 6) is -1.06. The molecule has 0 aromatic carbocycles. The summed E-state index contributed by atoms with van der Waals surface area (Å²) in [6.07, 6.45) is 4.63. The first kappa shape index (κ1) is 28.2. The molecule has 2 heterocycles. The number of β-lactam (4-membered cyclic amide) rings is 1. The highest BCUT2D eigenvalue weighted by atomic mass is 28.4. The number of fused-ring (bicyclic) bond motifs is 3. The van der Waals surface area contributed by atoms with Gasteiger partial charge in [-0.3, -0.25) is 4.79 Å². The van der Waals surface area contributed by atoms with E-state index in [-0.39, 0.29) is 59.9 Å². The Labute approximate surface area is 216 Å². The largest absolute Gasteiger partial charge is 0.457 e. The maximum absolute atomic E-state index is 13.6. The summed E-state index contributed by atoms with van der Waals surface area (Å²) in [4.78, 5) is 42.7. The van der Waals surface area contributed by atoms with Gasteiger partial charge in [0.15, 0.2) is 8.32 Å². The number of ether oxygens (including phenoxy) is 2. The molecule has 8 nitrogen and oxygen atoms in total. The molecule has 9 heteroatoms. The minimum Gasteiger partial charge on any atom is -0.457 e. The van der Waals surface area contributed by atoms with Crippen LogP contribution < -0.4 is 0 Å². The maximum atomic E-state index is 13.6. The molecule has 1 unspecified atom stereocenters. The van der Waals surface area contributed by atoms with Crippen molar-refractivity contribution in [3.63, 3.8) is 0 Å². The number of amides is 2. The molecule has 1 saturated carbocycles. The van der Waals surface area contributed by atoms with Crippen LogP contribution in [0.5, 0.6) is 0 Å². The summed E-state index contributed by atoms with van der Waals surface area (Å²) in [6.45, 7) is 20.2. The number of likely N-dealkylation sites (N-methyl/N-ethyl adjacent to an activating group) is 1. The molecule has 36 heavy (non-hydrogen) atoms. The molecule has 3 rings (SSSR count). The van der Waals surface area contributed by atoms with Gasteiger partial charge in [0.1, 0.15) is 18.9 Å². The molecule has 2 aliphatic heterocycles. The fourth-order valence-electron chi connectivity index (χ4n) is 5.51. The molecule has 2 amide bonds. The van der Waals surface area contributed by atoms with Gasteiger partial charge in [0.25, 0.3) is 0 Å². The number of hydrogen-bond acceptors (Lipinski definition) is 6. The summed E-state index contributed by atoms with van der Waals surface area (Å²) in [7, 11) is -0.434. The fourth-order valence-corrected chi connectivity index (χ4v) is 6.94. The summed E-state index contributed by atoms with van der Waals surface area (Å²) in [5, 5.41) is 0.0108. The quantitative estimate of drug-likeness (QED) is 0.191. The first-order valence-corrected chi connectivity index (χ1v) is 15.7. The molecule has 0 spiro atoms. The van der Waals surface area contributed by atoms with Gasteiger partial charge in [0, 0.05) is 13.0 Å². The van der Waals surface area contributed by atoms with E-state index in [4.69, 9.17) is 13.9 Å². The minimum atomic E-state index is -2.11. The molecule has 3 aliphatic rings. The second kappa shape index (κ2) is 10.5. The van der Waals surface area contributed by atoms with Crippen LogP contribution in [0.3, 0.4) is 0 Å². The van der Waals surface area contributed by atoms with Crippen LogP contribution in [-0.2, 0) is 23.5 Å². The van der Waals surface area contributed by atoms with Crippen molar-refractivity contribution in [2.45, 2.75) is 83.3 Å². The second-order valence-corrected chi connectivity index (χ2v) is 16.3. The maximum Gasteiger partial charge on any atom is 0.410 e. The number of esters is 1. The summed E-state index contributed by atoms with van der Waals surface area (Å²) in [6, 6.07) is -0.540. The van der Waals surface area contributed by atoms with Crippen molar-refractivity contribution < 1.29 is 28.3 Å². The van der Waals surface area contributed by atoms with E-state index in [2.05, 4.69) is 47.0 Å². The van der Waals surface area contributed by atoms with Gasteiger partial charge < -0.3 is 23.7 Å². The lowest BCUT2D eigenvalue weighted by molar-refractivity contribution is -0.163. The average Bonchev–Trinajstić information content (AvgIpc) is 3.10. The number of nitrogens with zero attached hydrogens (tertiary/aromatic N) is 2. The van der Waals surface area contributed by atoms with Crippen molar-refractivity contribution in [2.75, 3.05) is 20.3 Å². The standard InChI is InChI=1S/C27H42N2O6Si/c1-10-15-33-25(31)23-21-18(13-12-14-19(21)28(7)26(32)34-16-11-2)22-20(24(30)29(22)23)17(3)35-36(8,9)27(4,5)6/h10-11,17-20,22H,1-2,12-16H2,3-9H3/t17?,18-,19-,20+,22+/m0/s1. The topological polar surface area (TPSA) is 85.4 Å².